The number of esters is 1. The number of halogens is 1. The fourth-order valence-corrected chi connectivity index (χ4v) is 3.43. The number of hydrogen-bond donors (Lipinski definition) is 2. The molecule has 1 aliphatic heterocycles. The summed E-state index contributed by atoms with van der Waals surface area (Å²) in [5.74, 6) is -0.690. The first-order chi connectivity index (χ1) is 13.0. The van der Waals surface area contributed by atoms with Crippen LogP contribution in [0.5, 0.6) is 0 Å². The van der Waals surface area contributed by atoms with Crippen molar-refractivity contribution >= 4 is 23.8 Å². The molecule has 0 radical (unpaired) electrons. The molecule has 3 rings (SSSR count). The lowest BCUT2D eigenvalue weighted by atomic mass is 10.1. The third kappa shape index (κ3) is 4.25. The SMILES string of the molecule is CCOC(=O)C1=C(CSc2nnnn2-c2cccc(F)c2)NC(=O)N[C@H]1C. The van der Waals surface area contributed by atoms with Gasteiger partial charge in [0.15, 0.2) is 0 Å². The minimum Gasteiger partial charge on any atom is -0.463 e. The standard InChI is InChI=1S/C16H17FN6O3S/c1-3-26-14(24)13-9(2)18-15(25)19-12(13)8-27-16-20-21-22-23(16)11-6-4-5-10(17)7-11/h4-7,9H,3,8H2,1-2H3,(H2,18,19,25)/t9-/m0/s1. The molecular weight excluding hydrogens is 375 g/mol. The zero-order valence-electron chi connectivity index (χ0n) is 14.6. The molecule has 0 saturated carbocycles. The predicted octanol–water partition coefficient (Wildman–Crippen LogP) is 1.41. The maximum absolute atomic E-state index is 13.5. The number of carbonyl (C=O) groups is 2. The quantitative estimate of drug-likeness (QED) is 0.565. The molecule has 9 nitrogen and oxygen atoms in total. The van der Waals surface area contributed by atoms with E-state index in [-0.39, 0.29) is 12.4 Å². The molecular formula is C16H17FN6O3S. The Morgan fingerprint density at radius 1 is 1.44 bits per heavy atom. The highest BCUT2D eigenvalue weighted by Crippen LogP contribution is 2.24. The van der Waals surface area contributed by atoms with Crippen LogP contribution in [0.15, 0.2) is 40.7 Å². The number of hydrogen-bond acceptors (Lipinski definition) is 7. The van der Waals surface area contributed by atoms with Crippen molar-refractivity contribution in [3.05, 3.63) is 41.4 Å². The van der Waals surface area contributed by atoms with Crippen molar-refractivity contribution in [1.82, 2.24) is 30.8 Å². The Hall–Kier alpha value is -2.95. The van der Waals surface area contributed by atoms with E-state index in [0.717, 1.165) is 0 Å². The molecule has 2 heterocycles. The second-order valence-electron chi connectivity index (χ2n) is 5.57. The third-order valence-corrected chi connectivity index (χ3v) is 4.65. The molecule has 1 aliphatic rings. The van der Waals surface area contributed by atoms with Crippen LogP contribution in [-0.4, -0.2) is 50.6 Å². The summed E-state index contributed by atoms with van der Waals surface area (Å²) in [5, 5.41) is 17.1. The molecule has 0 unspecified atom stereocenters. The number of ether oxygens (including phenoxy) is 1. The van der Waals surface area contributed by atoms with Gasteiger partial charge in [-0.15, -0.1) is 5.10 Å². The van der Waals surface area contributed by atoms with Crippen molar-refractivity contribution in [3.63, 3.8) is 0 Å². The van der Waals surface area contributed by atoms with Crippen LogP contribution in [0.25, 0.3) is 5.69 Å². The van der Waals surface area contributed by atoms with Crippen molar-refractivity contribution in [2.24, 2.45) is 0 Å². The van der Waals surface area contributed by atoms with Crippen LogP contribution in [-0.2, 0) is 9.53 Å². The van der Waals surface area contributed by atoms with E-state index in [1.54, 1.807) is 26.0 Å². The highest BCUT2D eigenvalue weighted by atomic mass is 32.2. The monoisotopic (exact) mass is 392 g/mol. The van der Waals surface area contributed by atoms with Crippen LogP contribution in [0.4, 0.5) is 9.18 Å². The van der Waals surface area contributed by atoms with Gasteiger partial charge in [0.25, 0.3) is 0 Å². The van der Waals surface area contributed by atoms with Crippen LogP contribution in [0, 0.1) is 5.82 Å². The van der Waals surface area contributed by atoms with E-state index in [9.17, 15) is 14.0 Å². The van der Waals surface area contributed by atoms with Gasteiger partial charge in [-0.05, 0) is 42.5 Å². The highest BCUT2D eigenvalue weighted by molar-refractivity contribution is 7.99. The molecule has 0 aliphatic carbocycles. The van der Waals surface area contributed by atoms with Crippen molar-refractivity contribution in [3.8, 4) is 5.69 Å². The minimum atomic E-state index is -0.502. The summed E-state index contributed by atoms with van der Waals surface area (Å²) in [4.78, 5) is 24.0. The lowest BCUT2D eigenvalue weighted by Crippen LogP contribution is -2.49. The van der Waals surface area contributed by atoms with E-state index in [1.165, 1.54) is 28.6 Å². The van der Waals surface area contributed by atoms with Gasteiger partial charge in [-0.2, -0.15) is 4.68 Å². The first kappa shape index (κ1) is 18.8. The Bertz CT molecular complexity index is 900. The Morgan fingerprint density at radius 2 is 2.26 bits per heavy atom. The molecule has 0 spiro atoms. The smallest absolute Gasteiger partial charge is 0.337 e. The minimum absolute atomic E-state index is 0.223. The van der Waals surface area contributed by atoms with Gasteiger partial charge in [0.05, 0.1) is 23.9 Å². The number of nitrogens with one attached hydrogen (secondary N) is 2. The van der Waals surface area contributed by atoms with Crippen LogP contribution < -0.4 is 10.6 Å². The van der Waals surface area contributed by atoms with Crippen LogP contribution >= 0.6 is 11.8 Å². The summed E-state index contributed by atoms with van der Waals surface area (Å²) in [6.45, 7) is 3.63. The summed E-state index contributed by atoms with van der Waals surface area (Å²) in [6, 6.07) is 4.95. The van der Waals surface area contributed by atoms with Gasteiger partial charge in [0.2, 0.25) is 5.16 Å². The van der Waals surface area contributed by atoms with Crippen molar-refractivity contribution in [2.75, 3.05) is 12.4 Å². The average Bonchev–Trinajstić information content (AvgIpc) is 3.08. The van der Waals surface area contributed by atoms with Crippen LogP contribution in [0.1, 0.15) is 13.8 Å². The number of amides is 2. The number of aromatic nitrogens is 4. The molecule has 1 aromatic heterocycles. The summed E-state index contributed by atoms with van der Waals surface area (Å²) in [6.07, 6.45) is 0. The van der Waals surface area contributed by atoms with Crippen molar-refractivity contribution in [2.45, 2.75) is 25.0 Å². The average molecular weight is 392 g/mol. The van der Waals surface area contributed by atoms with E-state index >= 15 is 0 Å². The molecule has 0 fully saturated rings. The second kappa shape index (κ2) is 8.16. The molecule has 1 aromatic carbocycles. The van der Waals surface area contributed by atoms with E-state index in [2.05, 4.69) is 26.2 Å². The van der Waals surface area contributed by atoms with Crippen LogP contribution in [0.3, 0.4) is 0 Å². The number of carbonyl (C=O) groups excluding carboxylic acids is 2. The van der Waals surface area contributed by atoms with E-state index < -0.39 is 23.9 Å². The first-order valence-corrected chi connectivity index (χ1v) is 9.13. The van der Waals surface area contributed by atoms with Gasteiger partial charge in [-0.1, -0.05) is 17.8 Å². The van der Waals surface area contributed by atoms with E-state index in [0.29, 0.717) is 22.1 Å². The van der Waals surface area contributed by atoms with Gasteiger partial charge < -0.3 is 15.4 Å². The molecule has 142 valence electrons. The lowest BCUT2D eigenvalue weighted by Gasteiger charge is -2.26. The fourth-order valence-electron chi connectivity index (χ4n) is 2.57. The van der Waals surface area contributed by atoms with Gasteiger partial charge in [0.1, 0.15) is 5.82 Å². The van der Waals surface area contributed by atoms with E-state index in [1.807, 2.05) is 0 Å². The summed E-state index contributed by atoms with van der Waals surface area (Å²) in [7, 11) is 0. The number of rotatable bonds is 6. The molecule has 1 atom stereocenters. The Kier molecular flexibility index (Phi) is 5.69. The number of benzene rings is 1. The Balaban J connectivity index is 1.84. The van der Waals surface area contributed by atoms with Crippen molar-refractivity contribution in [1.29, 1.82) is 0 Å². The fraction of sp³-hybridized carbons (Fsp3) is 0.312. The maximum atomic E-state index is 13.5. The van der Waals surface area contributed by atoms with Gasteiger partial charge >= 0.3 is 12.0 Å². The van der Waals surface area contributed by atoms with E-state index in [4.69, 9.17) is 4.74 Å². The topological polar surface area (TPSA) is 111 Å². The van der Waals surface area contributed by atoms with Gasteiger partial charge in [-0.25, -0.2) is 14.0 Å². The first-order valence-electron chi connectivity index (χ1n) is 8.14. The normalized spacial score (nSPS) is 16.7. The molecule has 2 aromatic rings. The predicted molar refractivity (Wildman–Crippen MR) is 94.6 cm³/mol. The molecule has 0 bridgehead atoms. The number of thioether (sulfide) groups is 1. The van der Waals surface area contributed by atoms with Gasteiger partial charge in [-0.3, -0.25) is 0 Å². The molecule has 2 N–H and O–H groups in total. The number of nitrogens with zero attached hydrogens (tertiary/aromatic N) is 4. The van der Waals surface area contributed by atoms with Crippen molar-refractivity contribution < 1.29 is 18.7 Å². The lowest BCUT2D eigenvalue weighted by molar-refractivity contribution is -0.138. The summed E-state index contributed by atoms with van der Waals surface area (Å²) < 4.78 is 19.9. The van der Waals surface area contributed by atoms with Crippen LogP contribution in [0.2, 0.25) is 0 Å². The number of tetrazole rings is 1. The largest absolute Gasteiger partial charge is 0.463 e. The zero-order valence-corrected chi connectivity index (χ0v) is 15.4. The zero-order chi connectivity index (χ0) is 19.4. The highest BCUT2D eigenvalue weighted by Gasteiger charge is 2.30. The maximum Gasteiger partial charge on any atom is 0.337 e. The summed E-state index contributed by atoms with van der Waals surface area (Å²) in [5.41, 5.74) is 1.22. The molecule has 11 heteroatoms. The number of urea groups is 1. The Morgan fingerprint density at radius 3 is 3.00 bits per heavy atom. The van der Waals surface area contributed by atoms with Gasteiger partial charge in [0, 0.05) is 11.4 Å². The molecule has 0 saturated heterocycles. The molecule has 2 amide bonds. The summed E-state index contributed by atoms with van der Waals surface area (Å²) >= 11 is 1.20. The third-order valence-electron chi connectivity index (χ3n) is 3.70. The Labute approximate surface area is 158 Å². The second-order valence-corrected chi connectivity index (χ2v) is 6.52. The molecule has 27 heavy (non-hydrogen) atoms.